The molecule has 0 unspecified atom stereocenters. The Morgan fingerprint density at radius 3 is 2.57 bits per heavy atom. The van der Waals surface area contributed by atoms with Crippen molar-refractivity contribution in [2.75, 3.05) is 17.7 Å². The number of hydrogen-bond donors (Lipinski definition) is 1. The molecule has 2 N–H and O–H groups in total. The van der Waals surface area contributed by atoms with Crippen LogP contribution in [-0.2, 0) is 6.54 Å². The van der Waals surface area contributed by atoms with Gasteiger partial charge in [-0.05, 0) is 23.8 Å². The number of fused-ring (bicyclic) bond motifs is 1. The van der Waals surface area contributed by atoms with Crippen LogP contribution in [0.3, 0.4) is 0 Å². The molecule has 1 aromatic heterocycles. The molecule has 0 fully saturated rings. The lowest BCUT2D eigenvalue weighted by molar-refractivity contribution is 0.898. The Labute approximate surface area is 131 Å². The van der Waals surface area contributed by atoms with Gasteiger partial charge < -0.3 is 10.6 Å². The van der Waals surface area contributed by atoms with E-state index in [0.717, 1.165) is 27.7 Å². The average molecular weight is 343 g/mol. The number of benzene rings is 2. The van der Waals surface area contributed by atoms with Crippen molar-refractivity contribution in [2.45, 2.75) is 6.54 Å². The Kier molecular flexibility index (Phi) is 3.75. The number of anilines is 2. The summed E-state index contributed by atoms with van der Waals surface area (Å²) in [4.78, 5) is 10.8. The second-order valence-electron chi connectivity index (χ2n) is 4.87. The Balaban J connectivity index is 2.02. The molecule has 0 spiro atoms. The van der Waals surface area contributed by atoms with E-state index in [1.807, 2.05) is 49.5 Å². The van der Waals surface area contributed by atoms with E-state index in [1.165, 1.54) is 5.56 Å². The fourth-order valence-corrected chi connectivity index (χ4v) is 2.74. The number of aromatic nitrogens is 2. The van der Waals surface area contributed by atoms with Crippen LogP contribution in [0.5, 0.6) is 0 Å². The highest BCUT2D eigenvalue weighted by molar-refractivity contribution is 9.10. The summed E-state index contributed by atoms with van der Waals surface area (Å²) in [6.45, 7) is 0.738. The van der Waals surface area contributed by atoms with Gasteiger partial charge in [0.05, 0.1) is 5.52 Å². The first-order valence-corrected chi connectivity index (χ1v) is 7.41. The molecule has 1 heterocycles. The third kappa shape index (κ3) is 2.83. The van der Waals surface area contributed by atoms with Gasteiger partial charge in [-0.3, -0.25) is 0 Å². The number of rotatable bonds is 3. The highest BCUT2D eigenvalue weighted by Gasteiger charge is 2.11. The summed E-state index contributed by atoms with van der Waals surface area (Å²) in [6, 6.07) is 16.1. The van der Waals surface area contributed by atoms with Crippen molar-refractivity contribution in [3.05, 3.63) is 58.6 Å². The number of para-hydroxylation sites is 1. The van der Waals surface area contributed by atoms with Crippen molar-refractivity contribution < 1.29 is 0 Å². The highest BCUT2D eigenvalue weighted by atomic mass is 79.9. The van der Waals surface area contributed by atoms with Gasteiger partial charge in [-0.15, -0.1) is 0 Å². The van der Waals surface area contributed by atoms with E-state index in [4.69, 9.17) is 5.73 Å². The maximum Gasteiger partial charge on any atom is 0.222 e. The number of hydrogen-bond acceptors (Lipinski definition) is 4. The van der Waals surface area contributed by atoms with E-state index in [0.29, 0.717) is 5.95 Å². The van der Waals surface area contributed by atoms with Crippen molar-refractivity contribution in [1.82, 2.24) is 9.97 Å². The van der Waals surface area contributed by atoms with Crippen molar-refractivity contribution in [2.24, 2.45) is 0 Å². The van der Waals surface area contributed by atoms with Crippen molar-refractivity contribution in [3.63, 3.8) is 0 Å². The second-order valence-corrected chi connectivity index (χ2v) is 5.72. The number of nitrogen functional groups attached to an aromatic ring is 1. The van der Waals surface area contributed by atoms with Gasteiger partial charge >= 0.3 is 0 Å². The SMILES string of the molecule is CN(Cc1ccccc1Br)c1nc(N)nc2ccccc12. The van der Waals surface area contributed by atoms with Crippen LogP contribution in [-0.4, -0.2) is 17.0 Å². The van der Waals surface area contributed by atoms with Gasteiger partial charge in [0.1, 0.15) is 5.82 Å². The smallest absolute Gasteiger partial charge is 0.222 e. The largest absolute Gasteiger partial charge is 0.368 e. The number of nitrogens with two attached hydrogens (primary N) is 1. The van der Waals surface area contributed by atoms with Crippen LogP contribution in [0.4, 0.5) is 11.8 Å². The maximum atomic E-state index is 5.83. The number of halogens is 1. The van der Waals surface area contributed by atoms with E-state index in [-0.39, 0.29) is 0 Å². The van der Waals surface area contributed by atoms with Crippen LogP contribution in [0, 0.1) is 0 Å². The Hall–Kier alpha value is -2.14. The average Bonchev–Trinajstić information content (AvgIpc) is 2.48. The molecule has 0 aliphatic carbocycles. The zero-order valence-electron chi connectivity index (χ0n) is 11.6. The molecule has 106 valence electrons. The molecule has 2 aromatic carbocycles. The number of nitrogens with zero attached hydrogens (tertiary/aromatic N) is 3. The molecule has 0 aliphatic rings. The third-order valence-electron chi connectivity index (χ3n) is 3.33. The molecule has 0 amide bonds. The first kappa shape index (κ1) is 13.8. The van der Waals surface area contributed by atoms with Gasteiger partial charge in [0.15, 0.2) is 0 Å². The molecular weight excluding hydrogens is 328 g/mol. The molecule has 0 aliphatic heterocycles. The van der Waals surface area contributed by atoms with Gasteiger partial charge in [0, 0.05) is 23.5 Å². The first-order valence-electron chi connectivity index (χ1n) is 6.62. The minimum absolute atomic E-state index is 0.294. The van der Waals surface area contributed by atoms with Gasteiger partial charge in [-0.1, -0.05) is 46.3 Å². The van der Waals surface area contributed by atoms with Gasteiger partial charge in [-0.25, -0.2) is 4.98 Å². The van der Waals surface area contributed by atoms with Gasteiger partial charge in [0.25, 0.3) is 0 Å². The summed E-state index contributed by atoms with van der Waals surface area (Å²) in [5, 5.41) is 1.00. The molecule has 0 bridgehead atoms. The minimum Gasteiger partial charge on any atom is -0.368 e. The molecular formula is C16H15BrN4. The van der Waals surface area contributed by atoms with Crippen molar-refractivity contribution in [1.29, 1.82) is 0 Å². The third-order valence-corrected chi connectivity index (χ3v) is 4.10. The van der Waals surface area contributed by atoms with E-state index < -0.39 is 0 Å². The van der Waals surface area contributed by atoms with Crippen LogP contribution in [0.1, 0.15) is 5.56 Å². The lowest BCUT2D eigenvalue weighted by Gasteiger charge is -2.20. The van der Waals surface area contributed by atoms with Crippen LogP contribution in [0.15, 0.2) is 53.0 Å². The predicted molar refractivity (Wildman–Crippen MR) is 90.2 cm³/mol. The lowest BCUT2D eigenvalue weighted by atomic mass is 10.2. The lowest BCUT2D eigenvalue weighted by Crippen LogP contribution is -2.19. The molecule has 0 atom stereocenters. The second kappa shape index (κ2) is 5.69. The Morgan fingerprint density at radius 1 is 1.05 bits per heavy atom. The van der Waals surface area contributed by atoms with E-state index in [9.17, 15) is 0 Å². The van der Waals surface area contributed by atoms with Crippen LogP contribution >= 0.6 is 15.9 Å². The Bertz CT molecular complexity index is 788. The van der Waals surface area contributed by atoms with Crippen LogP contribution < -0.4 is 10.6 Å². The standard InChI is InChI=1S/C16H15BrN4/c1-21(10-11-6-2-4-8-13(11)17)15-12-7-3-5-9-14(12)19-16(18)20-15/h2-9H,10H2,1H3,(H2,18,19,20). The normalized spacial score (nSPS) is 10.8. The van der Waals surface area contributed by atoms with E-state index in [2.05, 4.69) is 36.9 Å². The molecule has 0 saturated carbocycles. The van der Waals surface area contributed by atoms with Crippen molar-refractivity contribution in [3.8, 4) is 0 Å². The summed E-state index contributed by atoms with van der Waals surface area (Å²) in [6.07, 6.45) is 0. The molecule has 21 heavy (non-hydrogen) atoms. The first-order chi connectivity index (χ1) is 10.1. The molecule has 3 rings (SSSR count). The molecule has 4 nitrogen and oxygen atoms in total. The maximum absolute atomic E-state index is 5.83. The van der Waals surface area contributed by atoms with E-state index >= 15 is 0 Å². The molecule has 3 aromatic rings. The van der Waals surface area contributed by atoms with Crippen LogP contribution in [0.25, 0.3) is 10.9 Å². The van der Waals surface area contributed by atoms with Crippen LogP contribution in [0.2, 0.25) is 0 Å². The van der Waals surface area contributed by atoms with Crippen molar-refractivity contribution >= 4 is 38.6 Å². The molecule has 5 heteroatoms. The zero-order chi connectivity index (χ0) is 14.8. The van der Waals surface area contributed by atoms with E-state index in [1.54, 1.807) is 0 Å². The Morgan fingerprint density at radius 2 is 1.76 bits per heavy atom. The fourth-order valence-electron chi connectivity index (χ4n) is 2.33. The summed E-state index contributed by atoms with van der Waals surface area (Å²) in [7, 11) is 2.01. The summed E-state index contributed by atoms with van der Waals surface area (Å²) >= 11 is 3.58. The topological polar surface area (TPSA) is 55.0 Å². The summed E-state index contributed by atoms with van der Waals surface area (Å²) < 4.78 is 1.09. The molecule has 0 radical (unpaired) electrons. The monoisotopic (exact) mass is 342 g/mol. The highest BCUT2D eigenvalue weighted by Crippen LogP contribution is 2.26. The molecule has 0 saturated heterocycles. The van der Waals surface area contributed by atoms with Gasteiger partial charge in [0.2, 0.25) is 5.95 Å². The summed E-state index contributed by atoms with van der Waals surface area (Å²) in [5.41, 5.74) is 7.88. The minimum atomic E-state index is 0.294. The zero-order valence-corrected chi connectivity index (χ0v) is 13.2. The summed E-state index contributed by atoms with van der Waals surface area (Å²) in [5.74, 6) is 1.14. The van der Waals surface area contributed by atoms with Gasteiger partial charge in [-0.2, -0.15) is 4.98 Å². The quantitative estimate of drug-likeness (QED) is 0.789. The fraction of sp³-hybridized carbons (Fsp3) is 0.125. The predicted octanol–water partition coefficient (Wildman–Crippen LogP) is 3.61.